The number of carbonyl (C=O) groups excluding carboxylic acids is 2. The molecule has 1 aromatic heterocycles. The monoisotopic (exact) mass is 562 g/mol. The van der Waals surface area contributed by atoms with Crippen molar-refractivity contribution < 1.29 is 37.3 Å². The number of hydrogen-bond acceptors (Lipinski definition) is 7. The van der Waals surface area contributed by atoms with Crippen molar-refractivity contribution in [3.8, 4) is 23.1 Å². The third kappa shape index (κ3) is 6.71. The number of fused-ring (bicyclic) bond motifs is 1. The van der Waals surface area contributed by atoms with E-state index in [1.807, 2.05) is 27.7 Å². The number of alkyl halides is 2. The van der Waals surface area contributed by atoms with E-state index in [2.05, 4.69) is 14.6 Å². The molecule has 3 aromatic carbocycles. The SMILES string of the molecule is Cc1cc(OCc2ccc(C(=O)OC(C)(C)C)cc2)n(-c2cccc(C(=O)Cc3ccc4c(c3)OC(F)(F)O4)c2)n1. The number of ketones is 1. The number of hydrogen-bond donors (Lipinski definition) is 0. The molecule has 212 valence electrons. The molecule has 0 amide bonds. The third-order valence-electron chi connectivity index (χ3n) is 6.02. The Labute approximate surface area is 235 Å². The van der Waals surface area contributed by atoms with E-state index >= 15 is 0 Å². The van der Waals surface area contributed by atoms with Crippen molar-refractivity contribution in [2.75, 3.05) is 0 Å². The van der Waals surface area contributed by atoms with Gasteiger partial charge in [0.25, 0.3) is 0 Å². The summed E-state index contributed by atoms with van der Waals surface area (Å²) < 4.78 is 48.6. The number of nitrogens with zero attached hydrogens (tertiary/aromatic N) is 2. The van der Waals surface area contributed by atoms with Crippen molar-refractivity contribution in [3.63, 3.8) is 0 Å². The molecule has 0 aliphatic carbocycles. The van der Waals surface area contributed by atoms with Crippen molar-refractivity contribution in [1.82, 2.24) is 9.78 Å². The predicted molar refractivity (Wildman–Crippen MR) is 145 cm³/mol. The maximum atomic E-state index is 13.3. The molecule has 0 radical (unpaired) electrons. The van der Waals surface area contributed by atoms with Crippen LogP contribution in [-0.2, 0) is 17.8 Å². The molecule has 0 saturated carbocycles. The Hall–Kier alpha value is -4.73. The molecule has 0 N–H and O–H groups in total. The van der Waals surface area contributed by atoms with Crippen LogP contribution in [0.15, 0.2) is 72.8 Å². The van der Waals surface area contributed by atoms with Crippen LogP contribution in [-0.4, -0.2) is 33.4 Å². The van der Waals surface area contributed by atoms with E-state index in [1.165, 1.54) is 12.1 Å². The first-order valence-electron chi connectivity index (χ1n) is 12.9. The summed E-state index contributed by atoms with van der Waals surface area (Å²) in [6, 6.07) is 19.9. The average Bonchev–Trinajstić information content (AvgIpc) is 3.43. The number of rotatable bonds is 8. The molecule has 10 heteroatoms. The minimum absolute atomic E-state index is 0.0214. The highest BCUT2D eigenvalue weighted by Gasteiger charge is 2.43. The van der Waals surface area contributed by atoms with Crippen LogP contribution in [0.4, 0.5) is 8.78 Å². The van der Waals surface area contributed by atoms with E-state index < -0.39 is 17.9 Å². The van der Waals surface area contributed by atoms with E-state index in [0.29, 0.717) is 34.0 Å². The van der Waals surface area contributed by atoms with Crippen molar-refractivity contribution in [2.45, 2.75) is 52.6 Å². The van der Waals surface area contributed by atoms with Crippen molar-refractivity contribution in [3.05, 3.63) is 101 Å². The van der Waals surface area contributed by atoms with Crippen LogP contribution in [0.25, 0.3) is 5.69 Å². The average molecular weight is 563 g/mol. The lowest BCUT2D eigenvalue weighted by Crippen LogP contribution is -2.25. The molecule has 8 nitrogen and oxygen atoms in total. The summed E-state index contributed by atoms with van der Waals surface area (Å²) in [5.41, 5.74) is 2.97. The van der Waals surface area contributed by atoms with Gasteiger partial charge in [0.2, 0.25) is 5.88 Å². The molecule has 5 rings (SSSR count). The maximum absolute atomic E-state index is 13.3. The highest BCUT2D eigenvalue weighted by atomic mass is 19.3. The fourth-order valence-electron chi connectivity index (χ4n) is 4.20. The molecule has 1 aliphatic heterocycles. The number of aryl methyl sites for hydroxylation is 1. The third-order valence-corrected chi connectivity index (χ3v) is 6.02. The molecule has 2 heterocycles. The molecule has 0 unspecified atom stereocenters. The number of benzene rings is 3. The Balaban J connectivity index is 1.27. The lowest BCUT2D eigenvalue weighted by molar-refractivity contribution is -0.286. The van der Waals surface area contributed by atoms with Crippen molar-refractivity contribution >= 4 is 11.8 Å². The maximum Gasteiger partial charge on any atom is 0.586 e. The Morgan fingerprint density at radius 3 is 2.34 bits per heavy atom. The van der Waals surface area contributed by atoms with Crippen LogP contribution in [0.5, 0.6) is 17.4 Å². The molecular formula is C31H28F2N2O6. The van der Waals surface area contributed by atoms with E-state index in [4.69, 9.17) is 9.47 Å². The van der Waals surface area contributed by atoms with E-state index in [-0.39, 0.29) is 30.3 Å². The topological polar surface area (TPSA) is 88.9 Å². The first-order valence-corrected chi connectivity index (χ1v) is 12.9. The number of Topliss-reactive ketones (excluding diaryl/α,β-unsaturated/α-hetero) is 1. The second-order valence-corrected chi connectivity index (χ2v) is 10.6. The summed E-state index contributed by atoms with van der Waals surface area (Å²) >= 11 is 0. The zero-order chi connectivity index (χ0) is 29.4. The Morgan fingerprint density at radius 1 is 0.902 bits per heavy atom. The lowest BCUT2D eigenvalue weighted by Gasteiger charge is -2.19. The lowest BCUT2D eigenvalue weighted by atomic mass is 10.0. The van der Waals surface area contributed by atoms with Gasteiger partial charge in [-0.25, -0.2) is 9.48 Å². The van der Waals surface area contributed by atoms with Gasteiger partial charge in [0.1, 0.15) is 12.2 Å². The van der Waals surface area contributed by atoms with E-state index in [1.54, 1.807) is 65.3 Å². The summed E-state index contributed by atoms with van der Waals surface area (Å²) in [6.45, 7) is 7.50. The zero-order valence-electron chi connectivity index (χ0n) is 22.9. The second-order valence-electron chi connectivity index (χ2n) is 10.6. The highest BCUT2D eigenvalue weighted by Crippen LogP contribution is 2.41. The fourth-order valence-corrected chi connectivity index (χ4v) is 4.20. The van der Waals surface area contributed by atoms with Gasteiger partial charge in [0.15, 0.2) is 17.3 Å². The van der Waals surface area contributed by atoms with Gasteiger partial charge in [-0.15, -0.1) is 8.78 Å². The Kier molecular flexibility index (Phi) is 7.25. The van der Waals surface area contributed by atoms with Gasteiger partial charge < -0.3 is 18.9 Å². The molecule has 0 bridgehead atoms. The molecule has 0 atom stereocenters. The quantitative estimate of drug-likeness (QED) is 0.180. The van der Waals surface area contributed by atoms with Crippen LogP contribution < -0.4 is 14.2 Å². The van der Waals surface area contributed by atoms with Crippen LogP contribution >= 0.6 is 0 Å². The number of esters is 1. The van der Waals surface area contributed by atoms with Gasteiger partial charge in [-0.2, -0.15) is 5.10 Å². The summed E-state index contributed by atoms with van der Waals surface area (Å²) in [5, 5.41) is 4.52. The minimum atomic E-state index is -3.72. The van der Waals surface area contributed by atoms with Crippen molar-refractivity contribution in [2.24, 2.45) is 0 Å². The van der Waals surface area contributed by atoms with Crippen LogP contribution in [0.3, 0.4) is 0 Å². The Morgan fingerprint density at radius 2 is 1.61 bits per heavy atom. The summed E-state index contributed by atoms with van der Waals surface area (Å²) in [7, 11) is 0. The van der Waals surface area contributed by atoms with Gasteiger partial charge in [0.05, 0.1) is 16.9 Å². The minimum Gasteiger partial charge on any atom is -0.473 e. The van der Waals surface area contributed by atoms with Crippen LogP contribution in [0, 0.1) is 6.92 Å². The molecule has 4 aromatic rings. The van der Waals surface area contributed by atoms with Gasteiger partial charge in [0, 0.05) is 18.1 Å². The Bertz CT molecular complexity index is 1610. The van der Waals surface area contributed by atoms with Gasteiger partial charge in [-0.3, -0.25) is 4.79 Å². The molecule has 0 saturated heterocycles. The number of aromatic nitrogens is 2. The first-order chi connectivity index (χ1) is 19.3. The van der Waals surface area contributed by atoms with E-state index in [0.717, 1.165) is 5.56 Å². The normalized spacial score (nSPS) is 13.6. The van der Waals surface area contributed by atoms with Gasteiger partial charge >= 0.3 is 12.3 Å². The predicted octanol–water partition coefficient (Wildman–Crippen LogP) is 6.46. The van der Waals surface area contributed by atoms with Gasteiger partial charge in [-0.1, -0.05) is 30.3 Å². The smallest absolute Gasteiger partial charge is 0.473 e. The largest absolute Gasteiger partial charge is 0.586 e. The summed E-state index contributed by atoms with van der Waals surface area (Å²) in [4.78, 5) is 25.3. The van der Waals surface area contributed by atoms with Gasteiger partial charge in [-0.05, 0) is 75.2 Å². The number of carbonyl (C=O) groups is 2. The first kappa shape index (κ1) is 27.8. The highest BCUT2D eigenvalue weighted by molar-refractivity contribution is 5.98. The number of halogens is 2. The van der Waals surface area contributed by atoms with E-state index in [9.17, 15) is 18.4 Å². The fraction of sp³-hybridized carbons (Fsp3) is 0.258. The molecule has 1 aliphatic rings. The second kappa shape index (κ2) is 10.7. The molecular weight excluding hydrogens is 534 g/mol. The summed E-state index contributed by atoms with van der Waals surface area (Å²) in [6.07, 6.45) is -3.74. The molecule has 41 heavy (non-hydrogen) atoms. The van der Waals surface area contributed by atoms with Crippen molar-refractivity contribution in [1.29, 1.82) is 0 Å². The molecule has 0 spiro atoms. The number of ether oxygens (including phenoxy) is 4. The summed E-state index contributed by atoms with van der Waals surface area (Å²) in [5.74, 6) is -0.321. The zero-order valence-corrected chi connectivity index (χ0v) is 22.9. The van der Waals surface area contributed by atoms with Crippen LogP contribution in [0.1, 0.15) is 58.3 Å². The standard InChI is InChI=1S/C31H28F2N2O6/c1-19-14-28(38-18-20-8-11-22(12-9-20)29(37)41-30(2,3)4)35(34-19)24-7-5-6-23(17-24)25(36)15-21-10-13-26-27(16-21)40-31(32,33)39-26/h5-14,16-17H,15,18H2,1-4H3. The van der Waals surface area contributed by atoms with Crippen LogP contribution in [0.2, 0.25) is 0 Å². The molecule has 0 fully saturated rings.